The Bertz CT molecular complexity index is 655. The van der Waals surface area contributed by atoms with Crippen LogP contribution in [0.4, 0.5) is 13.2 Å². The minimum atomic E-state index is -4.53. The number of aliphatic hydroxyl groups excluding tert-OH is 1. The monoisotopic (exact) mass is 325 g/mol. The van der Waals surface area contributed by atoms with Crippen molar-refractivity contribution in [2.24, 2.45) is 0 Å². The summed E-state index contributed by atoms with van der Waals surface area (Å²) in [5.74, 6) is -0.0348. The predicted molar refractivity (Wildman–Crippen MR) is 67.0 cm³/mol. The van der Waals surface area contributed by atoms with Crippen molar-refractivity contribution in [3.05, 3.63) is 39.3 Å². The molecule has 0 saturated carbocycles. The summed E-state index contributed by atoms with van der Waals surface area (Å²) in [4.78, 5) is 3.65. The van der Waals surface area contributed by atoms with E-state index >= 15 is 0 Å². The van der Waals surface area contributed by atoms with Crippen molar-refractivity contribution in [3.8, 4) is 5.82 Å². The number of nitrogens with zero attached hydrogens (tertiary/aromatic N) is 3. The number of pyridine rings is 1. The highest BCUT2D eigenvalue weighted by Gasteiger charge is 2.32. The zero-order chi connectivity index (χ0) is 15.1. The fourth-order valence-corrected chi connectivity index (χ4v) is 2.15. The van der Waals surface area contributed by atoms with Gasteiger partial charge in [0.2, 0.25) is 0 Å². The van der Waals surface area contributed by atoms with Crippen LogP contribution in [-0.4, -0.2) is 19.9 Å². The molecule has 0 aromatic carbocycles. The summed E-state index contributed by atoms with van der Waals surface area (Å²) in [6.45, 7) is 1.26. The summed E-state index contributed by atoms with van der Waals surface area (Å²) in [6.07, 6.45) is -3.89. The first kappa shape index (κ1) is 15.1. The minimum Gasteiger partial charge on any atom is -0.391 e. The van der Waals surface area contributed by atoms with Crippen LogP contribution in [0.1, 0.15) is 16.8 Å². The van der Waals surface area contributed by atoms with E-state index in [4.69, 9.17) is 28.3 Å². The van der Waals surface area contributed by atoms with Crippen molar-refractivity contribution in [2.75, 3.05) is 0 Å². The molecule has 20 heavy (non-hydrogen) atoms. The van der Waals surface area contributed by atoms with Gasteiger partial charge in [0.15, 0.2) is 5.82 Å². The number of hydrogen-bond acceptors (Lipinski definition) is 3. The lowest BCUT2D eigenvalue weighted by Crippen LogP contribution is -2.08. The molecule has 0 aliphatic heterocycles. The smallest absolute Gasteiger partial charge is 0.391 e. The summed E-state index contributed by atoms with van der Waals surface area (Å²) in [5.41, 5.74) is -0.159. The van der Waals surface area contributed by atoms with Gasteiger partial charge in [-0.25, -0.2) is 9.67 Å². The molecule has 0 saturated heterocycles. The third-order valence-corrected chi connectivity index (χ3v) is 3.30. The molecule has 0 aliphatic rings. The lowest BCUT2D eigenvalue weighted by molar-refractivity contribution is -0.137. The molecule has 108 valence electrons. The van der Waals surface area contributed by atoms with Crippen molar-refractivity contribution >= 4 is 23.2 Å². The molecular formula is C11H8Cl2F3N3O. The van der Waals surface area contributed by atoms with Crippen molar-refractivity contribution < 1.29 is 18.3 Å². The zero-order valence-corrected chi connectivity index (χ0v) is 11.6. The Balaban J connectivity index is 2.55. The van der Waals surface area contributed by atoms with E-state index in [1.54, 1.807) is 6.92 Å². The summed E-state index contributed by atoms with van der Waals surface area (Å²) < 4.78 is 38.7. The summed E-state index contributed by atoms with van der Waals surface area (Å²) in [7, 11) is 0. The van der Waals surface area contributed by atoms with Crippen molar-refractivity contribution in [1.82, 2.24) is 14.8 Å². The van der Waals surface area contributed by atoms with Crippen molar-refractivity contribution in [3.63, 3.8) is 0 Å². The van der Waals surface area contributed by atoms with Crippen LogP contribution in [-0.2, 0) is 12.8 Å². The normalized spacial score (nSPS) is 11.9. The van der Waals surface area contributed by atoms with Crippen LogP contribution in [0.25, 0.3) is 5.82 Å². The van der Waals surface area contributed by atoms with Crippen LogP contribution in [0, 0.1) is 6.92 Å². The van der Waals surface area contributed by atoms with Gasteiger partial charge in [0.25, 0.3) is 0 Å². The van der Waals surface area contributed by atoms with Gasteiger partial charge in [0.05, 0.1) is 22.9 Å². The Labute approximate surface area is 121 Å². The van der Waals surface area contributed by atoms with E-state index in [-0.39, 0.29) is 22.6 Å². The maximum absolute atomic E-state index is 12.5. The molecule has 0 amide bonds. The highest BCUT2D eigenvalue weighted by atomic mass is 35.5. The van der Waals surface area contributed by atoms with Gasteiger partial charge in [0, 0.05) is 11.8 Å². The molecule has 0 fully saturated rings. The number of aliphatic hydroxyl groups is 1. The summed E-state index contributed by atoms with van der Waals surface area (Å²) in [6, 6.07) is 0.746. The Morgan fingerprint density at radius 1 is 1.35 bits per heavy atom. The fraction of sp³-hybridized carbons (Fsp3) is 0.273. The lowest BCUT2D eigenvalue weighted by atomic mass is 10.2. The second-order valence-electron chi connectivity index (χ2n) is 3.95. The quantitative estimate of drug-likeness (QED) is 0.920. The molecule has 0 aliphatic carbocycles. The molecule has 0 spiro atoms. The van der Waals surface area contributed by atoms with Crippen molar-refractivity contribution in [1.29, 1.82) is 0 Å². The predicted octanol–water partition coefficient (Wildman–Crippen LogP) is 3.39. The number of aromatic nitrogens is 3. The number of rotatable bonds is 2. The highest BCUT2D eigenvalue weighted by molar-refractivity contribution is 6.33. The van der Waals surface area contributed by atoms with Gasteiger partial charge in [-0.15, -0.1) is 0 Å². The molecule has 2 heterocycles. The zero-order valence-electron chi connectivity index (χ0n) is 10.0. The van der Waals surface area contributed by atoms with Crippen molar-refractivity contribution in [2.45, 2.75) is 19.7 Å². The molecule has 4 nitrogen and oxygen atoms in total. The Morgan fingerprint density at radius 2 is 2.00 bits per heavy atom. The van der Waals surface area contributed by atoms with E-state index in [0.29, 0.717) is 17.5 Å². The van der Waals surface area contributed by atoms with Crippen LogP contribution in [0.2, 0.25) is 10.2 Å². The third kappa shape index (κ3) is 2.61. The summed E-state index contributed by atoms with van der Waals surface area (Å²) >= 11 is 11.8. The minimum absolute atomic E-state index is 0.0348. The van der Waals surface area contributed by atoms with Gasteiger partial charge in [-0.05, 0) is 13.0 Å². The van der Waals surface area contributed by atoms with Crippen LogP contribution in [0.5, 0.6) is 0 Å². The van der Waals surface area contributed by atoms with Crippen LogP contribution in [0.15, 0.2) is 12.3 Å². The van der Waals surface area contributed by atoms with Gasteiger partial charge >= 0.3 is 6.18 Å². The van der Waals surface area contributed by atoms with Gasteiger partial charge in [-0.1, -0.05) is 23.2 Å². The molecule has 0 atom stereocenters. The second-order valence-corrected chi connectivity index (χ2v) is 4.72. The van der Waals surface area contributed by atoms with E-state index in [2.05, 4.69) is 10.1 Å². The molecule has 0 unspecified atom stereocenters. The molecule has 0 bridgehead atoms. The molecule has 2 rings (SSSR count). The maximum Gasteiger partial charge on any atom is 0.417 e. The Hall–Kier alpha value is -1.31. The molecular weight excluding hydrogens is 318 g/mol. The third-order valence-electron chi connectivity index (χ3n) is 2.63. The van der Waals surface area contributed by atoms with Crippen LogP contribution >= 0.6 is 23.2 Å². The largest absolute Gasteiger partial charge is 0.417 e. The second kappa shape index (κ2) is 5.23. The summed E-state index contributed by atoms with van der Waals surface area (Å²) in [5, 5.41) is 13.0. The van der Waals surface area contributed by atoms with Crippen LogP contribution < -0.4 is 0 Å². The standard InChI is InChI=1S/C11H8Cl2F3N3O/c1-5-7(4-20)9(13)19(18-5)10-8(12)2-6(3-17-10)11(14,15)16/h2-3,20H,4H2,1H3. The van der Waals surface area contributed by atoms with E-state index in [9.17, 15) is 13.2 Å². The average Bonchev–Trinajstić information content (AvgIpc) is 2.63. The molecule has 9 heteroatoms. The number of hydrogen-bond donors (Lipinski definition) is 1. The van der Waals surface area contributed by atoms with Gasteiger partial charge in [-0.3, -0.25) is 0 Å². The SMILES string of the molecule is Cc1nn(-c2ncc(C(F)(F)F)cc2Cl)c(Cl)c1CO. The van der Waals surface area contributed by atoms with E-state index in [1.165, 1.54) is 0 Å². The Morgan fingerprint density at radius 3 is 2.45 bits per heavy atom. The molecule has 2 aromatic heterocycles. The highest BCUT2D eigenvalue weighted by Crippen LogP contribution is 2.33. The van der Waals surface area contributed by atoms with Crippen LogP contribution in [0.3, 0.4) is 0 Å². The fourth-order valence-electron chi connectivity index (χ4n) is 1.59. The molecule has 0 radical (unpaired) electrons. The first-order valence-corrected chi connectivity index (χ1v) is 6.09. The topological polar surface area (TPSA) is 50.9 Å². The molecule has 1 N–H and O–H groups in total. The van der Waals surface area contributed by atoms with Gasteiger partial charge < -0.3 is 5.11 Å². The van der Waals surface area contributed by atoms with Gasteiger partial charge in [-0.2, -0.15) is 18.3 Å². The average molecular weight is 326 g/mol. The number of alkyl halides is 3. The van der Waals surface area contributed by atoms with E-state index in [0.717, 1.165) is 10.7 Å². The lowest BCUT2D eigenvalue weighted by Gasteiger charge is -2.09. The number of aryl methyl sites for hydroxylation is 1. The number of halogens is 5. The maximum atomic E-state index is 12.5. The Kier molecular flexibility index (Phi) is 3.95. The van der Waals surface area contributed by atoms with E-state index < -0.39 is 11.7 Å². The molecule has 2 aromatic rings. The van der Waals surface area contributed by atoms with Gasteiger partial charge in [0.1, 0.15) is 5.15 Å². The van der Waals surface area contributed by atoms with E-state index in [1.807, 2.05) is 0 Å². The first-order valence-electron chi connectivity index (χ1n) is 5.33. The first-order chi connectivity index (χ1) is 9.25.